The molecule has 1 aromatic carbocycles. The first-order valence-corrected chi connectivity index (χ1v) is 7.76. The molecule has 0 radical (unpaired) electrons. The number of rotatable bonds is 3. The molecule has 0 aromatic heterocycles. The fraction of sp³-hybridized carbons (Fsp3) is 0.462. The zero-order chi connectivity index (χ0) is 14.8. The quantitative estimate of drug-likeness (QED) is 0.881. The van der Waals surface area contributed by atoms with Gasteiger partial charge in [-0.05, 0) is 24.6 Å². The molecule has 1 heterocycles. The van der Waals surface area contributed by atoms with Crippen LogP contribution in [0.5, 0.6) is 0 Å². The average molecular weight is 295 g/mol. The maximum Gasteiger partial charge on any atom is 0.243 e. The van der Waals surface area contributed by atoms with E-state index in [1.165, 1.54) is 10.4 Å². The van der Waals surface area contributed by atoms with Gasteiger partial charge >= 0.3 is 0 Å². The van der Waals surface area contributed by atoms with Gasteiger partial charge in [-0.3, -0.25) is 0 Å². The minimum absolute atomic E-state index is 0.0568. The van der Waals surface area contributed by atoms with E-state index < -0.39 is 16.1 Å². The lowest BCUT2D eigenvalue weighted by molar-refractivity contribution is 0.0311. The van der Waals surface area contributed by atoms with E-state index in [1.54, 1.807) is 25.1 Å². The summed E-state index contributed by atoms with van der Waals surface area (Å²) in [6.45, 7) is 2.33. The Labute approximate surface area is 118 Å². The number of sulfonamides is 1. The van der Waals surface area contributed by atoms with Crippen molar-refractivity contribution in [3.63, 3.8) is 0 Å². The normalized spacial score (nSPS) is 22.1. The number of hydrogen-bond donors (Lipinski definition) is 1. The molecule has 2 atom stereocenters. The molecule has 1 fully saturated rings. The Kier molecular flexibility index (Phi) is 4.40. The SMILES string of the molecule is CC(N)c1cccc(S(=O)(=O)N2CCOC(C#N)C2)c1. The Morgan fingerprint density at radius 3 is 2.95 bits per heavy atom. The average Bonchev–Trinajstić information content (AvgIpc) is 2.47. The van der Waals surface area contributed by atoms with E-state index in [9.17, 15) is 8.42 Å². The standard InChI is InChI=1S/C13H17N3O3S/c1-10(15)11-3-2-4-13(7-11)20(17,18)16-5-6-19-12(8-14)9-16/h2-4,7,10,12H,5-6,9,15H2,1H3. The third-order valence-electron chi connectivity index (χ3n) is 3.19. The third-order valence-corrected chi connectivity index (χ3v) is 5.06. The third kappa shape index (κ3) is 2.99. The summed E-state index contributed by atoms with van der Waals surface area (Å²) in [5.74, 6) is 0. The van der Waals surface area contributed by atoms with Crippen molar-refractivity contribution in [3.8, 4) is 6.07 Å². The molecule has 0 amide bonds. The zero-order valence-corrected chi connectivity index (χ0v) is 12.0. The topological polar surface area (TPSA) is 96.4 Å². The molecule has 1 aromatic rings. The fourth-order valence-corrected chi connectivity index (χ4v) is 3.51. The minimum atomic E-state index is -3.61. The van der Waals surface area contributed by atoms with Crippen molar-refractivity contribution in [2.75, 3.05) is 19.7 Å². The first-order chi connectivity index (χ1) is 9.45. The Morgan fingerprint density at radius 2 is 2.30 bits per heavy atom. The van der Waals surface area contributed by atoms with Gasteiger partial charge < -0.3 is 10.5 Å². The van der Waals surface area contributed by atoms with Gasteiger partial charge in [0.2, 0.25) is 10.0 Å². The molecule has 0 aliphatic carbocycles. The highest BCUT2D eigenvalue weighted by atomic mass is 32.2. The molecule has 2 unspecified atom stereocenters. The highest BCUT2D eigenvalue weighted by molar-refractivity contribution is 7.89. The van der Waals surface area contributed by atoms with Gasteiger partial charge in [-0.1, -0.05) is 12.1 Å². The maximum atomic E-state index is 12.5. The second-order valence-corrected chi connectivity index (χ2v) is 6.65. The van der Waals surface area contributed by atoms with Crippen molar-refractivity contribution in [2.45, 2.75) is 24.0 Å². The highest BCUT2D eigenvalue weighted by Crippen LogP contribution is 2.21. The van der Waals surface area contributed by atoms with E-state index in [2.05, 4.69) is 0 Å². The molecule has 1 saturated heterocycles. The molecular formula is C13H17N3O3S. The van der Waals surface area contributed by atoms with Crippen LogP contribution in [0.15, 0.2) is 29.2 Å². The highest BCUT2D eigenvalue weighted by Gasteiger charge is 2.30. The van der Waals surface area contributed by atoms with Crippen LogP contribution in [-0.2, 0) is 14.8 Å². The van der Waals surface area contributed by atoms with Crippen molar-refractivity contribution in [1.82, 2.24) is 4.31 Å². The van der Waals surface area contributed by atoms with Gasteiger partial charge in [0.1, 0.15) is 0 Å². The summed E-state index contributed by atoms with van der Waals surface area (Å²) in [5, 5.41) is 8.85. The molecule has 1 aliphatic rings. The van der Waals surface area contributed by atoms with Crippen molar-refractivity contribution in [1.29, 1.82) is 5.26 Å². The number of ether oxygens (including phenoxy) is 1. The number of nitrogens with two attached hydrogens (primary N) is 1. The second kappa shape index (κ2) is 5.89. The molecule has 2 rings (SSSR count). The van der Waals surface area contributed by atoms with E-state index >= 15 is 0 Å². The predicted molar refractivity (Wildman–Crippen MR) is 73.2 cm³/mol. The lowest BCUT2D eigenvalue weighted by Crippen LogP contribution is -2.45. The summed E-state index contributed by atoms with van der Waals surface area (Å²) < 4.78 is 31.5. The molecule has 1 aliphatic heterocycles. The number of nitrogens with zero attached hydrogens (tertiary/aromatic N) is 2. The molecular weight excluding hydrogens is 278 g/mol. The summed E-state index contributed by atoms with van der Waals surface area (Å²) in [7, 11) is -3.61. The fourth-order valence-electron chi connectivity index (χ4n) is 2.03. The van der Waals surface area contributed by atoms with Crippen molar-refractivity contribution < 1.29 is 13.2 Å². The van der Waals surface area contributed by atoms with Gasteiger partial charge in [-0.25, -0.2) is 8.42 Å². The van der Waals surface area contributed by atoms with Crippen LogP contribution >= 0.6 is 0 Å². The summed E-state index contributed by atoms with van der Waals surface area (Å²) >= 11 is 0. The summed E-state index contributed by atoms with van der Waals surface area (Å²) in [5.41, 5.74) is 6.54. The van der Waals surface area contributed by atoms with E-state index in [4.69, 9.17) is 15.7 Å². The molecule has 0 bridgehead atoms. The summed E-state index contributed by atoms with van der Waals surface area (Å²) in [4.78, 5) is 0.200. The number of morpholine rings is 1. The van der Waals surface area contributed by atoms with Crippen molar-refractivity contribution in [2.24, 2.45) is 5.73 Å². The molecule has 7 heteroatoms. The second-order valence-electron chi connectivity index (χ2n) is 4.71. The Bertz CT molecular complexity index is 622. The van der Waals surface area contributed by atoms with Crippen LogP contribution in [-0.4, -0.2) is 38.5 Å². The van der Waals surface area contributed by atoms with Gasteiger partial charge in [0.05, 0.1) is 24.1 Å². The predicted octanol–water partition coefficient (Wildman–Crippen LogP) is 0.619. The van der Waals surface area contributed by atoms with Gasteiger partial charge in [-0.15, -0.1) is 0 Å². The Hall–Kier alpha value is -1.46. The van der Waals surface area contributed by atoms with Crippen molar-refractivity contribution >= 4 is 10.0 Å². The maximum absolute atomic E-state index is 12.5. The largest absolute Gasteiger partial charge is 0.361 e. The first kappa shape index (κ1) is 14.9. The lowest BCUT2D eigenvalue weighted by atomic mass is 10.1. The van der Waals surface area contributed by atoms with Gasteiger partial charge in [-0.2, -0.15) is 9.57 Å². The van der Waals surface area contributed by atoms with Crippen LogP contribution in [0, 0.1) is 11.3 Å². The van der Waals surface area contributed by atoms with Crippen LogP contribution in [0.4, 0.5) is 0 Å². The van der Waals surface area contributed by atoms with Crippen LogP contribution in [0.25, 0.3) is 0 Å². The van der Waals surface area contributed by atoms with Gasteiger partial charge in [0.15, 0.2) is 6.10 Å². The molecule has 0 spiro atoms. The molecule has 108 valence electrons. The van der Waals surface area contributed by atoms with Crippen LogP contribution in [0.2, 0.25) is 0 Å². The van der Waals surface area contributed by atoms with E-state index in [0.717, 1.165) is 5.56 Å². The number of nitriles is 1. The molecule has 2 N–H and O–H groups in total. The minimum Gasteiger partial charge on any atom is -0.361 e. The lowest BCUT2D eigenvalue weighted by Gasteiger charge is -2.29. The summed E-state index contributed by atoms with van der Waals surface area (Å²) in [6, 6.07) is 8.29. The molecule has 6 nitrogen and oxygen atoms in total. The van der Waals surface area contributed by atoms with Crippen molar-refractivity contribution in [3.05, 3.63) is 29.8 Å². The first-order valence-electron chi connectivity index (χ1n) is 6.32. The van der Waals surface area contributed by atoms with Gasteiger partial charge in [0.25, 0.3) is 0 Å². The van der Waals surface area contributed by atoms with Gasteiger partial charge in [0, 0.05) is 12.6 Å². The number of hydrogen-bond acceptors (Lipinski definition) is 5. The zero-order valence-electron chi connectivity index (χ0n) is 11.2. The summed E-state index contributed by atoms with van der Waals surface area (Å²) in [6.07, 6.45) is -0.713. The smallest absolute Gasteiger partial charge is 0.243 e. The monoisotopic (exact) mass is 295 g/mol. The van der Waals surface area contributed by atoms with Crippen LogP contribution < -0.4 is 5.73 Å². The number of benzene rings is 1. The van der Waals surface area contributed by atoms with E-state index in [-0.39, 0.29) is 30.6 Å². The molecule has 20 heavy (non-hydrogen) atoms. The van der Waals surface area contributed by atoms with E-state index in [0.29, 0.717) is 0 Å². The Morgan fingerprint density at radius 1 is 1.55 bits per heavy atom. The van der Waals surface area contributed by atoms with Crippen LogP contribution in [0.3, 0.4) is 0 Å². The van der Waals surface area contributed by atoms with Crippen LogP contribution in [0.1, 0.15) is 18.5 Å². The molecule has 0 saturated carbocycles. The van der Waals surface area contributed by atoms with E-state index in [1.807, 2.05) is 6.07 Å². The Balaban J connectivity index is 2.30.